The van der Waals surface area contributed by atoms with Crippen molar-refractivity contribution < 1.29 is 8.83 Å². The highest BCUT2D eigenvalue weighted by atomic mass is 16.3. The molecule has 3 heterocycles. The van der Waals surface area contributed by atoms with Crippen LogP contribution >= 0.6 is 0 Å². The van der Waals surface area contributed by atoms with E-state index in [2.05, 4.69) is 146 Å². The van der Waals surface area contributed by atoms with Crippen LogP contribution in [0.5, 0.6) is 0 Å². The SMILES string of the molecule is c1ccc(-c2ccc(-c3nc(-c4ccc5cc6c(cc5c4)oc4ccccc46)nc(-c4cccc5c(-c6cccc7oc8ccccc8c67)cccc45)n3)cc2)cc1. The highest BCUT2D eigenvalue weighted by molar-refractivity contribution is 6.16. The molecule has 58 heavy (non-hydrogen) atoms. The van der Waals surface area contributed by atoms with Crippen molar-refractivity contribution in [2.24, 2.45) is 0 Å². The summed E-state index contributed by atoms with van der Waals surface area (Å²) in [6.07, 6.45) is 0. The monoisotopic (exact) mass is 741 g/mol. The van der Waals surface area contributed by atoms with E-state index < -0.39 is 0 Å². The molecule has 5 heteroatoms. The van der Waals surface area contributed by atoms with Crippen LogP contribution in [0.4, 0.5) is 0 Å². The Bertz CT molecular complexity index is 3570. The second-order valence-corrected chi connectivity index (χ2v) is 14.7. The Morgan fingerprint density at radius 2 is 0.828 bits per heavy atom. The Morgan fingerprint density at radius 1 is 0.276 bits per heavy atom. The van der Waals surface area contributed by atoms with Crippen molar-refractivity contribution in [2.75, 3.05) is 0 Å². The zero-order chi connectivity index (χ0) is 38.2. The van der Waals surface area contributed by atoms with Crippen molar-refractivity contribution >= 4 is 65.4 Å². The molecule has 270 valence electrons. The molecule has 0 atom stereocenters. The molecular weight excluding hydrogens is 711 g/mol. The Morgan fingerprint density at radius 3 is 1.66 bits per heavy atom. The van der Waals surface area contributed by atoms with Gasteiger partial charge in [-0.1, -0.05) is 152 Å². The van der Waals surface area contributed by atoms with Gasteiger partial charge in [-0.3, -0.25) is 0 Å². The van der Waals surface area contributed by atoms with Gasteiger partial charge in [0.25, 0.3) is 0 Å². The van der Waals surface area contributed by atoms with Gasteiger partial charge in [0.2, 0.25) is 0 Å². The first-order valence-electron chi connectivity index (χ1n) is 19.4. The number of para-hydroxylation sites is 2. The number of hydrogen-bond donors (Lipinski definition) is 0. The summed E-state index contributed by atoms with van der Waals surface area (Å²) in [7, 11) is 0. The van der Waals surface area contributed by atoms with Gasteiger partial charge in [-0.05, 0) is 80.2 Å². The van der Waals surface area contributed by atoms with Crippen molar-refractivity contribution in [3.8, 4) is 56.4 Å². The van der Waals surface area contributed by atoms with Crippen LogP contribution in [-0.2, 0) is 0 Å². The van der Waals surface area contributed by atoms with E-state index in [-0.39, 0.29) is 0 Å². The number of nitrogens with zero attached hydrogens (tertiary/aromatic N) is 3. The third-order valence-corrected chi connectivity index (χ3v) is 11.3. The van der Waals surface area contributed by atoms with Crippen LogP contribution in [0.1, 0.15) is 0 Å². The fourth-order valence-electron chi connectivity index (χ4n) is 8.54. The molecule has 0 N–H and O–H groups in total. The maximum absolute atomic E-state index is 6.29. The predicted octanol–water partition coefficient (Wildman–Crippen LogP) is 14.3. The summed E-state index contributed by atoms with van der Waals surface area (Å²) in [6, 6.07) is 65.2. The predicted molar refractivity (Wildman–Crippen MR) is 237 cm³/mol. The van der Waals surface area contributed by atoms with Crippen LogP contribution in [0.3, 0.4) is 0 Å². The minimum absolute atomic E-state index is 0.599. The molecule has 9 aromatic carbocycles. The Kier molecular flexibility index (Phi) is 7.16. The van der Waals surface area contributed by atoms with E-state index in [0.29, 0.717) is 17.5 Å². The van der Waals surface area contributed by atoms with Gasteiger partial charge in [-0.2, -0.15) is 0 Å². The van der Waals surface area contributed by atoms with Crippen LogP contribution in [0, 0.1) is 0 Å². The van der Waals surface area contributed by atoms with Crippen LogP contribution in [0.25, 0.3) is 122 Å². The molecule has 0 spiro atoms. The molecule has 0 aliphatic rings. The number of hydrogen-bond acceptors (Lipinski definition) is 5. The third kappa shape index (κ3) is 5.21. The van der Waals surface area contributed by atoms with Crippen LogP contribution in [0.2, 0.25) is 0 Å². The fraction of sp³-hybridized carbons (Fsp3) is 0. The van der Waals surface area contributed by atoms with Crippen molar-refractivity contribution in [3.05, 3.63) is 188 Å². The van der Waals surface area contributed by atoms with Crippen LogP contribution in [0.15, 0.2) is 197 Å². The lowest BCUT2D eigenvalue weighted by molar-refractivity contribution is 0.669. The summed E-state index contributed by atoms with van der Waals surface area (Å²) in [5.74, 6) is 1.81. The lowest BCUT2D eigenvalue weighted by Crippen LogP contribution is -2.01. The lowest BCUT2D eigenvalue weighted by atomic mass is 9.93. The van der Waals surface area contributed by atoms with Crippen molar-refractivity contribution in [1.82, 2.24) is 15.0 Å². The van der Waals surface area contributed by atoms with E-state index in [1.54, 1.807) is 0 Å². The average molecular weight is 742 g/mol. The summed E-state index contributed by atoms with van der Waals surface area (Å²) < 4.78 is 12.6. The molecule has 5 nitrogen and oxygen atoms in total. The van der Waals surface area contributed by atoms with Gasteiger partial charge in [0, 0.05) is 38.2 Å². The number of fused-ring (bicyclic) bond motifs is 8. The van der Waals surface area contributed by atoms with Gasteiger partial charge < -0.3 is 8.83 Å². The van der Waals surface area contributed by atoms with Crippen LogP contribution < -0.4 is 0 Å². The second-order valence-electron chi connectivity index (χ2n) is 14.7. The smallest absolute Gasteiger partial charge is 0.164 e. The summed E-state index contributed by atoms with van der Waals surface area (Å²) in [5.41, 5.74) is 10.7. The van der Waals surface area contributed by atoms with Gasteiger partial charge in [0.05, 0.1) is 0 Å². The molecule has 0 radical (unpaired) electrons. The molecular formula is C53H31N3O2. The summed E-state index contributed by atoms with van der Waals surface area (Å²) in [4.78, 5) is 15.6. The highest BCUT2D eigenvalue weighted by Gasteiger charge is 2.19. The molecule has 0 saturated carbocycles. The lowest BCUT2D eigenvalue weighted by Gasteiger charge is -2.13. The first-order chi connectivity index (χ1) is 28.7. The van der Waals surface area contributed by atoms with Gasteiger partial charge in [0.15, 0.2) is 17.5 Å². The zero-order valence-corrected chi connectivity index (χ0v) is 31.1. The van der Waals surface area contributed by atoms with E-state index in [0.717, 1.165) is 104 Å². The van der Waals surface area contributed by atoms with Gasteiger partial charge in [-0.15, -0.1) is 0 Å². The minimum atomic E-state index is 0.599. The summed E-state index contributed by atoms with van der Waals surface area (Å²) in [5, 5.41) is 8.76. The molecule has 0 unspecified atom stereocenters. The van der Waals surface area contributed by atoms with Crippen LogP contribution in [-0.4, -0.2) is 15.0 Å². The number of benzene rings is 9. The number of rotatable bonds is 5. The average Bonchev–Trinajstić information content (AvgIpc) is 3.86. The van der Waals surface area contributed by atoms with E-state index in [1.165, 1.54) is 0 Å². The first-order valence-corrected chi connectivity index (χ1v) is 19.4. The first kappa shape index (κ1) is 32.4. The molecule has 0 amide bonds. The Balaban J connectivity index is 1.04. The second kappa shape index (κ2) is 12.8. The van der Waals surface area contributed by atoms with Gasteiger partial charge >= 0.3 is 0 Å². The van der Waals surface area contributed by atoms with Gasteiger partial charge in [-0.25, -0.2) is 15.0 Å². The van der Waals surface area contributed by atoms with E-state index in [1.807, 2.05) is 42.5 Å². The van der Waals surface area contributed by atoms with Crippen molar-refractivity contribution in [2.45, 2.75) is 0 Å². The molecule has 0 aliphatic carbocycles. The maximum Gasteiger partial charge on any atom is 0.164 e. The fourth-order valence-corrected chi connectivity index (χ4v) is 8.54. The maximum atomic E-state index is 6.29. The topological polar surface area (TPSA) is 65.0 Å². The van der Waals surface area contributed by atoms with Crippen molar-refractivity contribution in [3.63, 3.8) is 0 Å². The molecule has 12 aromatic rings. The minimum Gasteiger partial charge on any atom is -0.456 e. The largest absolute Gasteiger partial charge is 0.456 e. The molecule has 0 saturated heterocycles. The van der Waals surface area contributed by atoms with E-state index in [4.69, 9.17) is 23.8 Å². The number of aromatic nitrogens is 3. The number of furan rings is 2. The van der Waals surface area contributed by atoms with E-state index in [9.17, 15) is 0 Å². The van der Waals surface area contributed by atoms with Gasteiger partial charge in [0.1, 0.15) is 22.3 Å². The highest BCUT2D eigenvalue weighted by Crippen LogP contribution is 2.41. The Labute approximate surface area is 332 Å². The molecule has 12 rings (SSSR count). The molecule has 3 aromatic heterocycles. The summed E-state index contributed by atoms with van der Waals surface area (Å²) >= 11 is 0. The molecule has 0 fully saturated rings. The quantitative estimate of drug-likeness (QED) is 0.176. The van der Waals surface area contributed by atoms with E-state index >= 15 is 0 Å². The summed E-state index contributed by atoms with van der Waals surface area (Å²) in [6.45, 7) is 0. The Hall–Kier alpha value is -7.89. The molecule has 0 aliphatic heterocycles. The van der Waals surface area contributed by atoms with Crippen molar-refractivity contribution in [1.29, 1.82) is 0 Å². The molecule has 0 bridgehead atoms. The standard InChI is InChI=1S/C53H31N3O2/c1-2-11-32(12-3-1)33-23-25-34(26-24-33)51-54-52(36-28-27-35-30-45-41-13-4-6-20-46(41)58-49(45)31-37(35)29-36)56-53(55-51)43-19-9-15-38-39(16-8-17-40(38)43)42-18-10-22-48-50(42)44-14-5-7-21-47(44)57-48/h1-31H. The third-order valence-electron chi connectivity index (χ3n) is 11.3. The zero-order valence-electron chi connectivity index (χ0n) is 31.1. The normalized spacial score (nSPS) is 11.8.